The molecule has 9 nitrogen and oxygen atoms in total. The van der Waals surface area contributed by atoms with Crippen LogP contribution in [0.1, 0.15) is 59.7 Å². The molecule has 2 N–H and O–H groups in total. The molecule has 3 heterocycles. The first-order valence-corrected chi connectivity index (χ1v) is 10.2. The lowest BCUT2D eigenvalue weighted by Crippen LogP contribution is -2.51. The van der Waals surface area contributed by atoms with Crippen molar-refractivity contribution in [3.8, 4) is 0 Å². The summed E-state index contributed by atoms with van der Waals surface area (Å²) in [4.78, 5) is 22.2. The van der Waals surface area contributed by atoms with Crippen LogP contribution in [0.25, 0.3) is 5.52 Å². The molecule has 30 heavy (non-hydrogen) atoms. The highest BCUT2D eigenvalue weighted by atomic mass is 19.1. The molecule has 0 bridgehead atoms. The minimum absolute atomic E-state index is 0.0547. The van der Waals surface area contributed by atoms with Crippen molar-refractivity contribution in [3.63, 3.8) is 0 Å². The molecule has 3 atom stereocenters. The Hall–Kier alpha value is -2.49. The highest BCUT2D eigenvalue weighted by Crippen LogP contribution is 2.27. The average molecular weight is 423 g/mol. The number of hydrogen-bond acceptors (Lipinski definition) is 7. The fraction of sp³-hybridized carbons (Fsp3) is 0.700. The molecular formula is C20H31FN6O3. The van der Waals surface area contributed by atoms with Gasteiger partial charge >= 0.3 is 6.09 Å². The number of likely N-dealkylation sites (tertiary alicyclic amines) is 1. The standard InChI is InChI=1S/C20H31FN6O3/c1-12(20(5,6)29)16-22-9-13-10-23-17(25-27(13)16)24-15-7-8-26(11-14(15)21)18(28)30-19(2,3)4/h9-10,12,14-15,29H,7-8,11H2,1-6H3,(H,24,25)/t12?,14-,15+/m1/s1. The number of carbonyl (C=O) groups is 1. The Labute approximate surface area is 175 Å². The minimum Gasteiger partial charge on any atom is -0.444 e. The first kappa shape index (κ1) is 22.2. The van der Waals surface area contributed by atoms with Gasteiger partial charge in [0.25, 0.3) is 0 Å². The molecule has 1 saturated heterocycles. The summed E-state index contributed by atoms with van der Waals surface area (Å²) in [6.45, 7) is 11.0. The summed E-state index contributed by atoms with van der Waals surface area (Å²) in [5, 5.41) is 17.8. The van der Waals surface area contributed by atoms with Crippen LogP contribution in [0, 0.1) is 0 Å². The smallest absolute Gasteiger partial charge is 0.410 e. The number of anilines is 1. The molecule has 0 radical (unpaired) electrons. The molecule has 10 heteroatoms. The van der Waals surface area contributed by atoms with Crippen LogP contribution in [0.5, 0.6) is 0 Å². The number of nitrogens with zero attached hydrogens (tertiary/aromatic N) is 5. The number of piperidine rings is 1. The summed E-state index contributed by atoms with van der Waals surface area (Å²) in [6.07, 6.45) is 1.84. The number of ether oxygens (including phenoxy) is 1. The van der Waals surface area contributed by atoms with Crippen LogP contribution >= 0.6 is 0 Å². The number of nitrogens with one attached hydrogen (secondary N) is 1. The average Bonchev–Trinajstić information content (AvgIpc) is 3.03. The van der Waals surface area contributed by atoms with Crippen molar-refractivity contribution in [2.45, 2.75) is 77.3 Å². The van der Waals surface area contributed by atoms with Gasteiger partial charge in [-0.3, -0.25) is 0 Å². The number of aliphatic hydroxyl groups is 1. The highest BCUT2D eigenvalue weighted by molar-refractivity contribution is 5.68. The molecule has 166 valence electrons. The van der Waals surface area contributed by atoms with Crippen molar-refractivity contribution in [1.29, 1.82) is 0 Å². The van der Waals surface area contributed by atoms with Gasteiger partial charge in [0.1, 0.15) is 23.1 Å². The molecule has 1 aliphatic rings. The first-order valence-electron chi connectivity index (χ1n) is 10.2. The topological polar surface area (TPSA) is 105 Å². The maximum atomic E-state index is 14.8. The predicted molar refractivity (Wildman–Crippen MR) is 110 cm³/mol. The lowest BCUT2D eigenvalue weighted by molar-refractivity contribution is 0.0124. The summed E-state index contributed by atoms with van der Waals surface area (Å²) >= 11 is 0. The van der Waals surface area contributed by atoms with Crippen molar-refractivity contribution in [2.75, 3.05) is 18.4 Å². The fourth-order valence-electron chi connectivity index (χ4n) is 3.22. The van der Waals surface area contributed by atoms with Crippen molar-refractivity contribution >= 4 is 17.6 Å². The Morgan fingerprint density at radius 3 is 2.57 bits per heavy atom. The minimum atomic E-state index is -1.29. The van der Waals surface area contributed by atoms with E-state index in [-0.39, 0.29) is 18.4 Å². The molecule has 1 fully saturated rings. The number of alkyl halides is 1. The zero-order chi connectivity index (χ0) is 22.3. The van der Waals surface area contributed by atoms with E-state index in [2.05, 4.69) is 20.4 Å². The van der Waals surface area contributed by atoms with E-state index in [0.717, 1.165) is 0 Å². The molecule has 1 unspecified atom stereocenters. The molecule has 0 saturated carbocycles. The molecule has 2 aromatic rings. The van der Waals surface area contributed by atoms with Crippen LogP contribution in [0.3, 0.4) is 0 Å². The Morgan fingerprint density at radius 2 is 1.97 bits per heavy atom. The number of fused-ring (bicyclic) bond motifs is 1. The van der Waals surface area contributed by atoms with Gasteiger partial charge in [-0.25, -0.2) is 23.7 Å². The number of carbonyl (C=O) groups excluding carboxylic acids is 1. The third-order valence-corrected chi connectivity index (χ3v) is 5.26. The van der Waals surface area contributed by atoms with E-state index in [0.29, 0.717) is 24.3 Å². The van der Waals surface area contributed by atoms with Crippen LogP contribution < -0.4 is 5.32 Å². The number of rotatable bonds is 4. The summed E-state index contributed by atoms with van der Waals surface area (Å²) in [5.74, 6) is 0.594. The Bertz CT molecular complexity index is 904. The van der Waals surface area contributed by atoms with E-state index in [1.54, 1.807) is 51.5 Å². The van der Waals surface area contributed by atoms with Gasteiger partial charge in [-0.2, -0.15) is 0 Å². The Morgan fingerprint density at radius 1 is 1.30 bits per heavy atom. The van der Waals surface area contributed by atoms with Crippen LogP contribution in [0.4, 0.5) is 15.1 Å². The summed E-state index contributed by atoms with van der Waals surface area (Å²) in [7, 11) is 0. The largest absolute Gasteiger partial charge is 0.444 e. The normalized spacial score (nSPS) is 21.5. The maximum Gasteiger partial charge on any atom is 0.410 e. The fourth-order valence-corrected chi connectivity index (χ4v) is 3.22. The number of aromatic nitrogens is 4. The van der Waals surface area contributed by atoms with E-state index in [9.17, 15) is 14.3 Å². The monoisotopic (exact) mass is 422 g/mol. The van der Waals surface area contributed by atoms with Gasteiger partial charge in [-0.15, -0.1) is 5.10 Å². The molecular weight excluding hydrogens is 391 g/mol. The van der Waals surface area contributed by atoms with E-state index < -0.39 is 29.5 Å². The van der Waals surface area contributed by atoms with Crippen molar-refractivity contribution in [3.05, 3.63) is 18.2 Å². The number of imidazole rings is 1. The lowest BCUT2D eigenvalue weighted by Gasteiger charge is -2.35. The Kier molecular flexibility index (Phi) is 5.90. The van der Waals surface area contributed by atoms with Crippen molar-refractivity contribution in [2.24, 2.45) is 0 Å². The quantitative estimate of drug-likeness (QED) is 0.780. The second-order valence-corrected chi connectivity index (χ2v) is 9.39. The van der Waals surface area contributed by atoms with Gasteiger partial charge in [0.2, 0.25) is 5.95 Å². The molecule has 2 aromatic heterocycles. The number of hydrogen-bond donors (Lipinski definition) is 2. The van der Waals surface area contributed by atoms with Gasteiger partial charge < -0.3 is 20.1 Å². The van der Waals surface area contributed by atoms with Gasteiger partial charge in [0.05, 0.1) is 30.6 Å². The van der Waals surface area contributed by atoms with Crippen LogP contribution in [-0.4, -0.2) is 72.2 Å². The van der Waals surface area contributed by atoms with Gasteiger partial charge in [0.15, 0.2) is 0 Å². The molecule has 0 aliphatic carbocycles. The van der Waals surface area contributed by atoms with Gasteiger partial charge in [-0.1, -0.05) is 6.92 Å². The van der Waals surface area contributed by atoms with Crippen LogP contribution in [-0.2, 0) is 4.74 Å². The summed E-state index contributed by atoms with van der Waals surface area (Å²) < 4.78 is 21.7. The second kappa shape index (κ2) is 7.98. The Balaban J connectivity index is 1.70. The van der Waals surface area contributed by atoms with E-state index in [1.807, 2.05) is 6.92 Å². The maximum absolute atomic E-state index is 14.8. The zero-order valence-electron chi connectivity index (χ0n) is 18.4. The molecule has 1 amide bonds. The summed E-state index contributed by atoms with van der Waals surface area (Å²) in [6, 6.07) is -0.528. The van der Waals surface area contributed by atoms with Crippen LogP contribution in [0.2, 0.25) is 0 Å². The molecule has 1 aliphatic heterocycles. The number of amides is 1. The molecule has 3 rings (SSSR count). The van der Waals surface area contributed by atoms with E-state index in [1.165, 1.54) is 4.90 Å². The van der Waals surface area contributed by atoms with Crippen molar-refractivity contribution in [1.82, 2.24) is 24.5 Å². The molecule has 0 aromatic carbocycles. The van der Waals surface area contributed by atoms with Gasteiger partial charge in [0, 0.05) is 12.5 Å². The van der Waals surface area contributed by atoms with E-state index in [4.69, 9.17) is 4.74 Å². The predicted octanol–water partition coefficient (Wildman–Crippen LogP) is 2.76. The third-order valence-electron chi connectivity index (χ3n) is 5.26. The molecule has 0 spiro atoms. The zero-order valence-corrected chi connectivity index (χ0v) is 18.4. The summed E-state index contributed by atoms with van der Waals surface area (Å²) in [5.41, 5.74) is -0.911. The third kappa shape index (κ3) is 4.97. The second-order valence-electron chi connectivity index (χ2n) is 9.39. The number of halogens is 1. The first-order chi connectivity index (χ1) is 13.8. The lowest BCUT2D eigenvalue weighted by atomic mass is 9.92. The van der Waals surface area contributed by atoms with Gasteiger partial charge in [-0.05, 0) is 41.0 Å². The van der Waals surface area contributed by atoms with Crippen LogP contribution in [0.15, 0.2) is 12.4 Å². The SMILES string of the molecule is CC(c1ncc2cnc(N[C@H]3CCN(C(=O)OC(C)(C)C)C[C@H]3F)nn12)C(C)(C)O. The highest BCUT2D eigenvalue weighted by Gasteiger charge is 2.34. The van der Waals surface area contributed by atoms with E-state index >= 15 is 0 Å². The van der Waals surface area contributed by atoms with Crippen molar-refractivity contribution < 1.29 is 19.0 Å².